The van der Waals surface area contributed by atoms with Gasteiger partial charge in [-0.2, -0.15) is 0 Å². The molecular formula is C21H28FN5. The van der Waals surface area contributed by atoms with E-state index < -0.39 is 0 Å². The highest BCUT2D eigenvalue weighted by atomic mass is 19.1. The van der Waals surface area contributed by atoms with E-state index in [2.05, 4.69) is 48.4 Å². The van der Waals surface area contributed by atoms with Crippen LogP contribution < -0.4 is 10.6 Å². The quantitative estimate of drug-likeness (QED) is 0.596. The van der Waals surface area contributed by atoms with Gasteiger partial charge in [0.1, 0.15) is 11.6 Å². The van der Waals surface area contributed by atoms with Crippen molar-refractivity contribution in [2.24, 2.45) is 0 Å². The molecule has 2 N–H and O–H groups in total. The Hall–Kier alpha value is -2.47. The van der Waals surface area contributed by atoms with Gasteiger partial charge in [-0.3, -0.25) is 0 Å². The molecular weight excluding hydrogens is 341 g/mol. The third-order valence-electron chi connectivity index (χ3n) is 4.33. The highest BCUT2D eigenvalue weighted by Gasteiger charge is 2.14. The van der Waals surface area contributed by atoms with E-state index in [4.69, 9.17) is 0 Å². The lowest BCUT2D eigenvalue weighted by atomic mass is 10.1. The van der Waals surface area contributed by atoms with Crippen LogP contribution in [0.5, 0.6) is 0 Å². The number of nitrogens with one attached hydrogen (secondary N) is 2. The molecule has 1 aromatic carbocycles. The van der Waals surface area contributed by atoms with Crippen molar-refractivity contribution in [3.8, 4) is 11.3 Å². The normalized spacial score (nSPS) is 11.9. The minimum absolute atomic E-state index is 0.0120. The Kier molecular flexibility index (Phi) is 5.75. The van der Waals surface area contributed by atoms with Gasteiger partial charge in [-0.15, -0.1) is 5.10 Å². The van der Waals surface area contributed by atoms with Crippen molar-refractivity contribution >= 4 is 11.5 Å². The second kappa shape index (κ2) is 8.05. The molecule has 27 heavy (non-hydrogen) atoms. The fourth-order valence-electron chi connectivity index (χ4n) is 2.79. The fraction of sp³-hybridized carbons (Fsp3) is 0.429. The summed E-state index contributed by atoms with van der Waals surface area (Å²) >= 11 is 0. The second-order valence-electron chi connectivity index (χ2n) is 7.83. The van der Waals surface area contributed by atoms with E-state index in [0.29, 0.717) is 23.4 Å². The summed E-state index contributed by atoms with van der Waals surface area (Å²) in [6, 6.07) is 9.12. The van der Waals surface area contributed by atoms with E-state index in [1.54, 1.807) is 22.8 Å². The molecule has 0 saturated heterocycles. The minimum Gasteiger partial charge on any atom is -0.369 e. The van der Waals surface area contributed by atoms with Gasteiger partial charge in [0.15, 0.2) is 5.65 Å². The van der Waals surface area contributed by atoms with E-state index in [9.17, 15) is 4.39 Å². The first-order valence-corrected chi connectivity index (χ1v) is 9.50. The molecule has 0 amide bonds. The molecule has 0 saturated carbocycles. The molecule has 2 heterocycles. The Morgan fingerprint density at radius 2 is 1.96 bits per heavy atom. The molecule has 0 spiro atoms. The topological polar surface area (TPSA) is 54.2 Å². The van der Waals surface area contributed by atoms with Gasteiger partial charge in [0, 0.05) is 24.2 Å². The average molecular weight is 369 g/mol. The van der Waals surface area contributed by atoms with Crippen molar-refractivity contribution in [2.45, 2.75) is 52.6 Å². The number of hydrogen-bond donors (Lipinski definition) is 2. The first kappa shape index (κ1) is 19.3. The van der Waals surface area contributed by atoms with Crippen LogP contribution in [0.25, 0.3) is 16.9 Å². The summed E-state index contributed by atoms with van der Waals surface area (Å²) in [5.41, 5.74) is 2.75. The molecule has 0 atom stereocenters. The maximum absolute atomic E-state index is 14.8. The van der Waals surface area contributed by atoms with E-state index in [1.807, 2.05) is 18.2 Å². The van der Waals surface area contributed by atoms with Crippen molar-refractivity contribution < 1.29 is 4.39 Å². The van der Waals surface area contributed by atoms with Crippen molar-refractivity contribution in [1.29, 1.82) is 0 Å². The third kappa shape index (κ3) is 4.83. The van der Waals surface area contributed by atoms with Crippen LogP contribution in [0, 0.1) is 5.82 Å². The van der Waals surface area contributed by atoms with E-state index >= 15 is 0 Å². The Labute approximate surface area is 160 Å². The predicted molar refractivity (Wildman–Crippen MR) is 108 cm³/mol. The van der Waals surface area contributed by atoms with Crippen LogP contribution in [0.4, 0.5) is 10.2 Å². The number of hydrogen-bond acceptors (Lipinski definition) is 4. The molecule has 0 fully saturated rings. The van der Waals surface area contributed by atoms with Gasteiger partial charge in [-0.25, -0.2) is 13.9 Å². The van der Waals surface area contributed by atoms with Crippen molar-refractivity contribution in [2.75, 3.05) is 11.9 Å². The number of fused-ring (bicyclic) bond motifs is 1. The molecule has 144 valence electrons. The van der Waals surface area contributed by atoms with Crippen molar-refractivity contribution in [3.63, 3.8) is 0 Å². The zero-order valence-corrected chi connectivity index (χ0v) is 16.5. The van der Waals surface area contributed by atoms with Crippen LogP contribution >= 0.6 is 0 Å². The average Bonchev–Trinajstić information content (AvgIpc) is 3.03. The van der Waals surface area contributed by atoms with Crippen LogP contribution in [0.1, 0.15) is 46.1 Å². The van der Waals surface area contributed by atoms with Gasteiger partial charge in [-0.05, 0) is 57.0 Å². The van der Waals surface area contributed by atoms with Gasteiger partial charge >= 0.3 is 0 Å². The monoisotopic (exact) mass is 369 g/mol. The molecule has 0 bridgehead atoms. The molecule has 0 aliphatic heterocycles. The maximum atomic E-state index is 14.8. The van der Waals surface area contributed by atoms with Crippen LogP contribution in [0.2, 0.25) is 0 Å². The lowest BCUT2D eigenvalue weighted by molar-refractivity contribution is 0.423. The summed E-state index contributed by atoms with van der Waals surface area (Å²) in [6.45, 7) is 9.91. The number of benzene rings is 1. The number of unbranched alkanes of at least 4 members (excludes halogenated alkanes) is 1. The van der Waals surface area contributed by atoms with Gasteiger partial charge < -0.3 is 10.6 Å². The first-order valence-electron chi connectivity index (χ1n) is 9.50. The summed E-state index contributed by atoms with van der Waals surface area (Å²) in [7, 11) is 0. The van der Waals surface area contributed by atoms with E-state index in [0.717, 1.165) is 30.8 Å². The molecule has 0 radical (unpaired) electrons. The summed E-state index contributed by atoms with van der Waals surface area (Å²) in [6.07, 6.45) is 3.87. The smallest absolute Gasteiger partial charge is 0.154 e. The Morgan fingerprint density at radius 3 is 2.67 bits per heavy atom. The van der Waals surface area contributed by atoms with Gasteiger partial charge in [0.2, 0.25) is 0 Å². The zero-order valence-electron chi connectivity index (χ0n) is 16.5. The summed E-state index contributed by atoms with van der Waals surface area (Å²) in [4.78, 5) is 4.36. The summed E-state index contributed by atoms with van der Waals surface area (Å²) < 4.78 is 16.5. The van der Waals surface area contributed by atoms with Crippen LogP contribution in [-0.4, -0.2) is 26.7 Å². The zero-order chi connectivity index (χ0) is 19.4. The highest BCUT2D eigenvalue weighted by molar-refractivity contribution is 5.64. The Bertz CT molecular complexity index is 911. The third-order valence-corrected chi connectivity index (χ3v) is 4.33. The maximum Gasteiger partial charge on any atom is 0.154 e. The van der Waals surface area contributed by atoms with Crippen LogP contribution in [-0.2, 0) is 6.54 Å². The Morgan fingerprint density at radius 1 is 1.15 bits per heavy atom. The number of halogens is 1. The lowest BCUT2D eigenvalue weighted by Crippen LogP contribution is -2.35. The first-order chi connectivity index (χ1) is 12.9. The summed E-state index contributed by atoms with van der Waals surface area (Å²) in [5, 5.41) is 11.3. The molecule has 0 unspecified atom stereocenters. The van der Waals surface area contributed by atoms with Crippen molar-refractivity contribution in [1.82, 2.24) is 19.9 Å². The molecule has 0 aliphatic carbocycles. The fourth-order valence-corrected chi connectivity index (χ4v) is 2.79. The largest absolute Gasteiger partial charge is 0.369 e. The van der Waals surface area contributed by atoms with Gasteiger partial charge in [0.05, 0.1) is 11.9 Å². The lowest BCUT2D eigenvalue weighted by Gasteiger charge is -2.20. The van der Waals surface area contributed by atoms with Crippen LogP contribution in [0.15, 0.2) is 36.5 Å². The highest BCUT2D eigenvalue weighted by Crippen LogP contribution is 2.25. The minimum atomic E-state index is -0.267. The standard InChI is InChI=1S/C21H28FN5/c1-5-6-11-23-19-9-10-20-24-14-18(27(20)26-19)16-8-7-15(12-17(16)22)13-25-21(2,3)4/h7-10,12,14,25H,5-6,11,13H2,1-4H3,(H,23,26). The number of imidazole rings is 1. The molecule has 3 rings (SSSR count). The molecule has 3 aromatic rings. The number of nitrogens with zero attached hydrogens (tertiary/aromatic N) is 3. The van der Waals surface area contributed by atoms with Gasteiger partial charge in [0.25, 0.3) is 0 Å². The van der Waals surface area contributed by atoms with E-state index in [-0.39, 0.29) is 11.4 Å². The second-order valence-corrected chi connectivity index (χ2v) is 7.83. The predicted octanol–water partition coefficient (Wildman–Crippen LogP) is 4.64. The molecule has 0 aliphatic rings. The number of rotatable bonds is 7. The van der Waals surface area contributed by atoms with E-state index in [1.165, 1.54) is 0 Å². The van der Waals surface area contributed by atoms with Crippen molar-refractivity contribution in [3.05, 3.63) is 47.9 Å². The SMILES string of the molecule is CCCCNc1ccc2ncc(-c3ccc(CNC(C)(C)C)cc3F)n2n1. The molecule has 6 heteroatoms. The number of anilines is 1. The molecule has 2 aromatic heterocycles. The summed E-state index contributed by atoms with van der Waals surface area (Å²) in [5.74, 6) is 0.498. The van der Waals surface area contributed by atoms with Crippen LogP contribution in [0.3, 0.4) is 0 Å². The number of aromatic nitrogens is 3. The van der Waals surface area contributed by atoms with Gasteiger partial charge in [-0.1, -0.05) is 19.4 Å². The molecule has 5 nitrogen and oxygen atoms in total. The Balaban J connectivity index is 1.87.